The van der Waals surface area contributed by atoms with Gasteiger partial charge in [0.25, 0.3) is 23.9 Å². The monoisotopic (exact) mass is 498 g/mol. The number of carbonyl (C=O) groups is 4. The first-order valence-electron chi connectivity index (χ1n) is 7.40. The smallest absolute Gasteiger partial charge is 0.300 e. The van der Waals surface area contributed by atoms with Crippen LogP contribution in [-0.4, -0.2) is 102 Å². The van der Waals surface area contributed by atoms with Gasteiger partial charge in [-0.15, -0.1) is 0 Å². The average molecular weight is 499 g/mol. The molecule has 0 aromatic carbocycles. The molecule has 0 radical (unpaired) electrons. The Morgan fingerprint density at radius 3 is 1.28 bits per heavy atom. The second-order valence-electron chi connectivity index (χ2n) is 4.86. The van der Waals surface area contributed by atoms with E-state index in [0.717, 1.165) is 27.7 Å². The van der Waals surface area contributed by atoms with E-state index in [-0.39, 0.29) is 0 Å². The van der Waals surface area contributed by atoms with Crippen LogP contribution in [0.1, 0.15) is 27.7 Å². The van der Waals surface area contributed by atoms with Gasteiger partial charge in [0, 0.05) is 27.7 Å². The Morgan fingerprint density at radius 1 is 0.793 bits per heavy atom. The first-order valence-corrected chi connectivity index (χ1v) is 8.05. The van der Waals surface area contributed by atoms with Gasteiger partial charge in [-0.25, -0.2) is 0 Å². The van der Waals surface area contributed by atoms with Gasteiger partial charge in [-0.1, -0.05) is 0 Å². The molecule has 0 aromatic rings. The van der Waals surface area contributed by atoms with Gasteiger partial charge < -0.3 is 45.6 Å². The lowest BCUT2D eigenvalue weighted by Crippen LogP contribution is -2.58. The second kappa shape index (κ2) is 20.8. The van der Waals surface area contributed by atoms with Crippen molar-refractivity contribution in [2.75, 3.05) is 6.61 Å². The first-order chi connectivity index (χ1) is 13.0. The number of carboxylic acid groups (broad SMARTS) is 4. The first kappa shape index (κ1) is 34.6. The highest BCUT2D eigenvalue weighted by atomic mass is 79.9. The summed E-state index contributed by atoms with van der Waals surface area (Å²) in [6.45, 7) is 3.85. The van der Waals surface area contributed by atoms with E-state index < -0.39 is 61.2 Å². The summed E-state index contributed by atoms with van der Waals surface area (Å²) in [6.07, 6.45) is -6.03. The van der Waals surface area contributed by atoms with E-state index in [1.165, 1.54) is 0 Å². The number of carboxylic acids is 4. The summed E-state index contributed by atoms with van der Waals surface area (Å²) >= 11 is 2.59. The molecule has 0 amide bonds. The third-order valence-corrected chi connectivity index (χ3v) is 2.38. The van der Waals surface area contributed by atoms with Gasteiger partial charge in [-0.2, -0.15) is 0 Å². The summed E-state index contributed by atoms with van der Waals surface area (Å²) < 4.78 is 9.29. The molecule has 29 heavy (non-hydrogen) atoms. The number of hydrogen-bond acceptors (Lipinski definition) is 10. The fourth-order valence-electron chi connectivity index (χ4n) is 1.17. The molecule has 0 unspecified atom stereocenters. The molecule has 8 N–H and O–H groups in total. The lowest BCUT2D eigenvalue weighted by Gasteiger charge is -2.38. The lowest BCUT2D eigenvalue weighted by molar-refractivity contribution is -0.277. The zero-order chi connectivity index (χ0) is 24.3. The highest BCUT2D eigenvalue weighted by Gasteiger charge is 2.44. The molecular weight excluding hydrogens is 472 g/mol. The number of halogens is 1. The molecule has 1 rings (SSSR count). The summed E-state index contributed by atoms with van der Waals surface area (Å²) in [4.78, 5) is 36.0. The Balaban J connectivity index is -0.000000162. The Morgan fingerprint density at radius 2 is 1.07 bits per heavy atom. The van der Waals surface area contributed by atoms with Crippen LogP contribution in [0, 0.1) is 0 Å². The summed E-state index contributed by atoms with van der Waals surface area (Å²) in [7, 11) is 0. The topological polar surface area (TPSA) is 249 Å². The van der Waals surface area contributed by atoms with Crippen molar-refractivity contribution in [1.82, 2.24) is 0 Å². The van der Waals surface area contributed by atoms with Gasteiger partial charge in [0.15, 0.2) is 12.4 Å². The van der Waals surface area contributed by atoms with Crippen LogP contribution in [0.25, 0.3) is 0 Å². The minimum atomic E-state index is -1.38. The summed E-state index contributed by atoms with van der Waals surface area (Å²) in [6, 6.07) is 0. The lowest BCUT2D eigenvalue weighted by atomic mass is 10.00. The minimum Gasteiger partial charge on any atom is -0.481 e. The molecule has 0 saturated carbocycles. The maximum absolute atomic E-state index is 9.35. The van der Waals surface area contributed by atoms with Crippen molar-refractivity contribution in [3.63, 3.8) is 0 Å². The summed E-state index contributed by atoms with van der Waals surface area (Å²) in [5, 5.41) is 66.2. The van der Waals surface area contributed by atoms with Crippen LogP contribution in [-0.2, 0) is 27.7 Å². The van der Waals surface area contributed by atoms with E-state index in [0.29, 0.717) is 0 Å². The maximum atomic E-state index is 9.35. The van der Waals surface area contributed by atoms with Crippen LogP contribution in [0.15, 0.2) is 0 Å². The highest BCUT2D eigenvalue weighted by Crippen LogP contribution is 2.23. The number of aliphatic carboxylic acids is 4. The van der Waals surface area contributed by atoms with Gasteiger partial charge >= 0.3 is 0 Å². The highest BCUT2D eigenvalue weighted by molar-refractivity contribution is 9.06. The quantitative estimate of drug-likeness (QED) is 0.215. The molecule has 1 aliphatic heterocycles. The molecule has 174 valence electrons. The predicted octanol–water partition coefficient (Wildman–Crippen LogP) is -1.52. The van der Waals surface area contributed by atoms with E-state index in [1.807, 2.05) is 0 Å². The van der Waals surface area contributed by atoms with Crippen LogP contribution in [0.3, 0.4) is 0 Å². The molecule has 0 spiro atoms. The molecule has 1 saturated heterocycles. The van der Waals surface area contributed by atoms with Crippen molar-refractivity contribution in [2.45, 2.75) is 58.4 Å². The van der Waals surface area contributed by atoms with E-state index in [9.17, 15) is 15.3 Å². The zero-order valence-electron chi connectivity index (χ0n) is 16.0. The third-order valence-electron chi connectivity index (χ3n) is 1.95. The number of rotatable bonds is 2. The molecule has 0 bridgehead atoms. The molecular formula is C14H27BrO14. The van der Waals surface area contributed by atoms with Crippen molar-refractivity contribution in [3.8, 4) is 0 Å². The van der Waals surface area contributed by atoms with Gasteiger partial charge in [0.2, 0.25) is 0 Å². The van der Waals surface area contributed by atoms with E-state index in [4.69, 9.17) is 49.4 Å². The Bertz CT molecular complexity index is 407. The number of aliphatic hydroxyl groups excluding tert-OH is 4. The Labute approximate surface area is 174 Å². The molecule has 14 nitrogen and oxygen atoms in total. The molecule has 1 fully saturated rings. The normalized spacial score (nSPS) is 24.2. The zero-order valence-corrected chi connectivity index (χ0v) is 17.6. The summed E-state index contributed by atoms with van der Waals surface area (Å²) in [5.41, 5.74) is 0. The van der Waals surface area contributed by atoms with Crippen molar-refractivity contribution in [1.29, 1.82) is 0 Å². The third kappa shape index (κ3) is 31.1. The Kier molecular flexibility index (Phi) is 24.9. The van der Waals surface area contributed by atoms with Crippen LogP contribution in [0.4, 0.5) is 0 Å². The largest absolute Gasteiger partial charge is 0.481 e. The SMILES string of the molecule is CC(=O)O.CC(=O)O.CC(=O)O.CC(=O)O.OC[C@@H]1O[C@@H](O)[C@@H](OBr)[C@H](O)[C@H]1O. The van der Waals surface area contributed by atoms with Crippen LogP contribution >= 0.6 is 16.3 Å². The van der Waals surface area contributed by atoms with Crippen LogP contribution in [0.2, 0.25) is 0 Å². The fraction of sp³-hybridized carbons (Fsp3) is 0.714. The van der Waals surface area contributed by atoms with Crippen molar-refractivity contribution in [3.05, 3.63) is 0 Å². The van der Waals surface area contributed by atoms with Gasteiger partial charge in [-0.3, -0.25) is 23.0 Å². The van der Waals surface area contributed by atoms with E-state index in [2.05, 4.69) is 20.1 Å². The standard InChI is InChI=1S/C6H11BrO6.4C2H4O2/c7-13-5-4(10)3(9)2(1-8)12-6(5)11;4*1-2(3)4/h2-6,8-11H,1H2;4*1H3,(H,3,4)/t2-,3-,4+,5-,6+;;;;/m0..../s1. The second-order valence-corrected chi connectivity index (χ2v) is 5.23. The number of hydrogen-bond donors (Lipinski definition) is 8. The summed E-state index contributed by atoms with van der Waals surface area (Å²) in [5.74, 6) is -3.33. The van der Waals surface area contributed by atoms with Crippen LogP contribution < -0.4 is 0 Å². The Hall–Kier alpha value is -1.88. The number of ether oxygens (including phenoxy) is 1. The predicted molar refractivity (Wildman–Crippen MR) is 97.0 cm³/mol. The molecule has 0 aromatic heterocycles. The molecule has 0 aliphatic carbocycles. The minimum absolute atomic E-state index is 0.482. The van der Waals surface area contributed by atoms with E-state index >= 15 is 0 Å². The van der Waals surface area contributed by atoms with Gasteiger partial charge in [0.1, 0.15) is 18.3 Å². The number of aliphatic hydroxyl groups is 4. The molecule has 15 heteroatoms. The average Bonchev–Trinajstić information content (AvgIpc) is 2.49. The van der Waals surface area contributed by atoms with Crippen molar-refractivity contribution in [2.24, 2.45) is 0 Å². The molecule has 1 aliphatic rings. The maximum Gasteiger partial charge on any atom is 0.300 e. The fourth-order valence-corrected chi connectivity index (χ4v) is 1.57. The van der Waals surface area contributed by atoms with Gasteiger partial charge in [-0.05, 0) is 0 Å². The van der Waals surface area contributed by atoms with Gasteiger partial charge in [0.05, 0.1) is 22.9 Å². The van der Waals surface area contributed by atoms with E-state index in [1.54, 1.807) is 0 Å². The molecule has 5 atom stereocenters. The molecule has 1 heterocycles. The van der Waals surface area contributed by atoms with Crippen molar-refractivity contribution >= 4 is 40.1 Å². The van der Waals surface area contributed by atoms with Crippen LogP contribution in [0.5, 0.6) is 0 Å². The van der Waals surface area contributed by atoms with Crippen molar-refractivity contribution < 1.29 is 68.6 Å².